The highest BCUT2D eigenvalue weighted by Gasteiger charge is 2.35. The highest BCUT2D eigenvalue weighted by Crippen LogP contribution is 2.25. The first-order chi connectivity index (χ1) is 7.76. The van der Waals surface area contributed by atoms with Crippen LogP contribution in [0.15, 0.2) is 18.3 Å². The van der Waals surface area contributed by atoms with E-state index in [1.807, 2.05) is 6.92 Å². The molecule has 0 radical (unpaired) electrons. The molecule has 1 heterocycles. The maximum absolute atomic E-state index is 12.7. The lowest BCUT2D eigenvalue weighted by Crippen LogP contribution is -2.49. The molecule has 1 aromatic rings. The van der Waals surface area contributed by atoms with Gasteiger partial charge < -0.3 is 5.11 Å². The fourth-order valence-electron chi connectivity index (χ4n) is 1.47. The molecule has 17 heavy (non-hydrogen) atoms. The summed E-state index contributed by atoms with van der Waals surface area (Å²) >= 11 is 0. The van der Waals surface area contributed by atoms with Crippen molar-refractivity contribution >= 4 is 5.97 Å². The quantitative estimate of drug-likeness (QED) is 0.875. The fraction of sp³-hybridized carbons (Fsp3) is 0.500. The molecule has 94 valence electrons. The first-order valence-electron chi connectivity index (χ1n) is 5.34. The zero-order valence-electron chi connectivity index (χ0n) is 10.4. The van der Waals surface area contributed by atoms with E-state index < -0.39 is 17.3 Å². The molecule has 0 saturated carbocycles. The van der Waals surface area contributed by atoms with E-state index in [1.54, 1.807) is 31.9 Å². The maximum atomic E-state index is 12.7. The number of aliphatic carboxylic acids is 1. The van der Waals surface area contributed by atoms with E-state index in [4.69, 9.17) is 5.11 Å². The molecule has 0 saturated heterocycles. The van der Waals surface area contributed by atoms with Crippen molar-refractivity contribution in [1.29, 1.82) is 0 Å². The van der Waals surface area contributed by atoms with Gasteiger partial charge in [-0.1, -0.05) is 0 Å². The number of halogens is 1. The lowest BCUT2D eigenvalue weighted by molar-refractivity contribution is -0.149. The van der Waals surface area contributed by atoms with Crippen LogP contribution >= 0.6 is 0 Å². The molecule has 1 atom stereocenters. The topological polar surface area (TPSA) is 53.4 Å². The van der Waals surface area contributed by atoms with Crippen LogP contribution in [0, 0.1) is 5.82 Å². The minimum Gasteiger partial charge on any atom is -0.480 e. The van der Waals surface area contributed by atoms with Crippen LogP contribution in [0.1, 0.15) is 32.5 Å². The summed E-state index contributed by atoms with van der Waals surface area (Å²) in [6.45, 7) is 5.08. The summed E-state index contributed by atoms with van der Waals surface area (Å²) in [7, 11) is 1.71. The number of aromatic nitrogens is 1. The summed E-state index contributed by atoms with van der Waals surface area (Å²) in [5.74, 6) is -1.31. The number of hydrogen-bond acceptors (Lipinski definition) is 3. The summed E-state index contributed by atoms with van der Waals surface area (Å²) in [5.41, 5.74) is -0.363. The Hall–Kier alpha value is -1.49. The van der Waals surface area contributed by atoms with Gasteiger partial charge in [0.05, 0.1) is 11.9 Å². The van der Waals surface area contributed by atoms with Gasteiger partial charge in [-0.3, -0.25) is 14.7 Å². The molecule has 0 aliphatic rings. The highest BCUT2D eigenvalue weighted by molar-refractivity contribution is 5.77. The van der Waals surface area contributed by atoms with Crippen LogP contribution in [0.3, 0.4) is 0 Å². The number of likely N-dealkylation sites (N-methyl/N-ethyl adjacent to an activating group) is 1. The standard InChI is InChI=1S/C12H17FN2O2/c1-8(10-6-5-9(13)7-14-10)15(4)12(2,3)11(16)17/h5-8H,1-4H3,(H,16,17). The second-order valence-electron chi connectivity index (χ2n) is 4.55. The van der Waals surface area contributed by atoms with Crippen molar-refractivity contribution in [2.24, 2.45) is 0 Å². The van der Waals surface area contributed by atoms with Crippen LogP contribution in [0.2, 0.25) is 0 Å². The first-order valence-corrected chi connectivity index (χ1v) is 5.34. The van der Waals surface area contributed by atoms with Crippen LogP contribution in [0.5, 0.6) is 0 Å². The average molecular weight is 240 g/mol. The number of hydrogen-bond donors (Lipinski definition) is 1. The summed E-state index contributed by atoms with van der Waals surface area (Å²) in [4.78, 5) is 16.8. The number of nitrogens with zero attached hydrogens (tertiary/aromatic N) is 2. The van der Waals surface area contributed by atoms with Gasteiger partial charge in [0.1, 0.15) is 11.4 Å². The van der Waals surface area contributed by atoms with Gasteiger partial charge in [0.15, 0.2) is 0 Å². The van der Waals surface area contributed by atoms with E-state index in [2.05, 4.69) is 4.98 Å². The van der Waals surface area contributed by atoms with Gasteiger partial charge >= 0.3 is 5.97 Å². The van der Waals surface area contributed by atoms with Crippen LogP contribution in [-0.2, 0) is 4.79 Å². The molecular weight excluding hydrogens is 223 g/mol. The predicted molar refractivity (Wildman–Crippen MR) is 62.1 cm³/mol. The molecule has 0 aliphatic heterocycles. The van der Waals surface area contributed by atoms with Gasteiger partial charge in [0.2, 0.25) is 0 Å². The summed E-state index contributed by atoms with van der Waals surface area (Å²) in [5, 5.41) is 9.13. The number of carbonyl (C=O) groups is 1. The van der Waals surface area contributed by atoms with E-state index in [1.165, 1.54) is 6.07 Å². The summed E-state index contributed by atoms with van der Waals surface area (Å²) in [6.07, 6.45) is 1.13. The van der Waals surface area contributed by atoms with E-state index >= 15 is 0 Å². The second-order valence-corrected chi connectivity index (χ2v) is 4.55. The molecule has 1 aromatic heterocycles. The van der Waals surface area contributed by atoms with Crippen molar-refractivity contribution < 1.29 is 14.3 Å². The monoisotopic (exact) mass is 240 g/mol. The van der Waals surface area contributed by atoms with Gasteiger partial charge in [-0.05, 0) is 40.0 Å². The third-order valence-corrected chi connectivity index (χ3v) is 3.16. The Balaban J connectivity index is 2.93. The fourth-order valence-corrected chi connectivity index (χ4v) is 1.47. The Morgan fingerprint density at radius 1 is 1.53 bits per heavy atom. The van der Waals surface area contributed by atoms with Gasteiger partial charge in [0, 0.05) is 6.04 Å². The molecule has 1 N–H and O–H groups in total. The molecule has 5 heteroatoms. The summed E-state index contributed by atoms with van der Waals surface area (Å²) < 4.78 is 12.7. The van der Waals surface area contributed by atoms with E-state index in [0.29, 0.717) is 5.69 Å². The van der Waals surface area contributed by atoms with Crippen LogP contribution in [-0.4, -0.2) is 33.5 Å². The first kappa shape index (κ1) is 13.6. The Bertz CT molecular complexity index is 403. The smallest absolute Gasteiger partial charge is 0.323 e. The Morgan fingerprint density at radius 3 is 2.53 bits per heavy atom. The van der Waals surface area contributed by atoms with Crippen molar-refractivity contribution in [2.45, 2.75) is 32.4 Å². The Labute approximate surface area is 100 Å². The van der Waals surface area contributed by atoms with Crippen molar-refractivity contribution in [3.63, 3.8) is 0 Å². The lowest BCUT2D eigenvalue weighted by Gasteiger charge is -2.36. The number of pyridine rings is 1. The minimum atomic E-state index is -1.00. The Morgan fingerprint density at radius 2 is 2.12 bits per heavy atom. The largest absolute Gasteiger partial charge is 0.480 e. The van der Waals surface area contributed by atoms with E-state index in [-0.39, 0.29) is 6.04 Å². The van der Waals surface area contributed by atoms with Gasteiger partial charge in [-0.25, -0.2) is 4.39 Å². The molecule has 0 fully saturated rings. The molecule has 0 aliphatic carbocycles. The third kappa shape index (κ3) is 2.79. The van der Waals surface area contributed by atoms with Crippen LogP contribution < -0.4 is 0 Å². The van der Waals surface area contributed by atoms with Gasteiger partial charge in [0.25, 0.3) is 0 Å². The third-order valence-electron chi connectivity index (χ3n) is 3.16. The Kier molecular flexibility index (Phi) is 3.83. The van der Waals surface area contributed by atoms with E-state index in [9.17, 15) is 9.18 Å². The van der Waals surface area contributed by atoms with E-state index in [0.717, 1.165) is 6.20 Å². The average Bonchev–Trinajstić information content (AvgIpc) is 2.27. The molecule has 0 bridgehead atoms. The molecule has 4 nitrogen and oxygen atoms in total. The normalized spacial score (nSPS) is 13.8. The zero-order valence-corrected chi connectivity index (χ0v) is 10.4. The molecule has 1 unspecified atom stereocenters. The van der Waals surface area contributed by atoms with Gasteiger partial charge in [-0.15, -0.1) is 0 Å². The molecule has 1 rings (SSSR count). The van der Waals surface area contributed by atoms with Crippen molar-refractivity contribution in [3.05, 3.63) is 29.8 Å². The van der Waals surface area contributed by atoms with Crippen molar-refractivity contribution in [1.82, 2.24) is 9.88 Å². The van der Waals surface area contributed by atoms with Crippen LogP contribution in [0.4, 0.5) is 4.39 Å². The number of carboxylic acid groups (broad SMARTS) is 1. The molecule has 0 spiro atoms. The zero-order chi connectivity index (χ0) is 13.2. The predicted octanol–water partition coefficient (Wildman–Crippen LogP) is 2.08. The number of rotatable bonds is 4. The molecule has 0 aromatic carbocycles. The molecule has 0 amide bonds. The maximum Gasteiger partial charge on any atom is 0.323 e. The second kappa shape index (κ2) is 4.79. The summed E-state index contributed by atoms with van der Waals surface area (Å²) in [6, 6.07) is 2.68. The number of carboxylic acids is 1. The van der Waals surface area contributed by atoms with Crippen molar-refractivity contribution in [3.8, 4) is 0 Å². The minimum absolute atomic E-state index is 0.207. The lowest BCUT2D eigenvalue weighted by atomic mass is 10.0. The SMILES string of the molecule is CC(c1ccc(F)cn1)N(C)C(C)(C)C(=O)O. The van der Waals surface area contributed by atoms with Gasteiger partial charge in [-0.2, -0.15) is 0 Å². The highest BCUT2D eigenvalue weighted by atomic mass is 19.1. The van der Waals surface area contributed by atoms with Crippen LogP contribution in [0.25, 0.3) is 0 Å². The molecular formula is C12H17FN2O2. The van der Waals surface area contributed by atoms with Crippen molar-refractivity contribution in [2.75, 3.05) is 7.05 Å².